The minimum atomic E-state index is 0.213. The van der Waals surface area contributed by atoms with Gasteiger partial charge in [-0.05, 0) is 49.5 Å². The lowest BCUT2D eigenvalue weighted by molar-refractivity contribution is -0.0655. The number of hydrogen-bond donors (Lipinski definition) is 1. The molecule has 2 aliphatic rings. The second kappa shape index (κ2) is 9.49. The van der Waals surface area contributed by atoms with Crippen LogP contribution in [0.1, 0.15) is 35.4 Å². The van der Waals surface area contributed by atoms with Crippen LogP contribution in [-0.2, 0) is 6.54 Å². The van der Waals surface area contributed by atoms with E-state index in [4.69, 9.17) is 0 Å². The highest BCUT2D eigenvalue weighted by molar-refractivity contribution is 5.64. The summed E-state index contributed by atoms with van der Waals surface area (Å²) in [5.41, 5.74) is 6.28. The van der Waals surface area contributed by atoms with Crippen molar-refractivity contribution in [1.82, 2.24) is 19.8 Å². The summed E-state index contributed by atoms with van der Waals surface area (Å²) in [5.74, 6) is 0.360. The second-order valence-electron chi connectivity index (χ2n) is 9.26. The van der Waals surface area contributed by atoms with E-state index in [9.17, 15) is 5.11 Å². The van der Waals surface area contributed by atoms with Crippen LogP contribution >= 0.6 is 0 Å². The van der Waals surface area contributed by atoms with Crippen molar-refractivity contribution in [3.05, 3.63) is 83.9 Å². The molecule has 0 amide bonds. The van der Waals surface area contributed by atoms with Crippen molar-refractivity contribution in [3.8, 4) is 11.1 Å². The molecule has 2 aromatic carbocycles. The lowest BCUT2D eigenvalue weighted by Gasteiger charge is -2.57. The monoisotopic (exact) mass is 428 g/mol. The zero-order valence-corrected chi connectivity index (χ0v) is 18.8. The van der Waals surface area contributed by atoms with Crippen LogP contribution in [0.25, 0.3) is 11.1 Å². The van der Waals surface area contributed by atoms with Gasteiger partial charge in [-0.15, -0.1) is 0 Å². The van der Waals surface area contributed by atoms with E-state index in [0.717, 1.165) is 31.7 Å². The van der Waals surface area contributed by atoms with Gasteiger partial charge in [0.15, 0.2) is 0 Å². The number of benzene rings is 2. The molecule has 0 radical (unpaired) electrons. The zero-order valence-electron chi connectivity index (χ0n) is 18.8. The van der Waals surface area contributed by atoms with E-state index in [1.165, 1.54) is 35.1 Å². The third-order valence-electron chi connectivity index (χ3n) is 7.12. The fraction of sp³-hybridized carbons (Fsp3) is 0.407. The number of aromatic nitrogens is 2. The Morgan fingerprint density at radius 2 is 1.75 bits per heavy atom. The van der Waals surface area contributed by atoms with Crippen molar-refractivity contribution in [1.29, 1.82) is 0 Å². The average Bonchev–Trinajstić information content (AvgIpc) is 2.81. The molecule has 32 heavy (non-hydrogen) atoms. The fourth-order valence-electron chi connectivity index (χ4n) is 5.55. The van der Waals surface area contributed by atoms with Crippen LogP contribution in [0.15, 0.2) is 67.3 Å². The van der Waals surface area contributed by atoms with Gasteiger partial charge in [0.2, 0.25) is 0 Å². The molecule has 3 aromatic rings. The predicted molar refractivity (Wildman–Crippen MR) is 127 cm³/mol. The number of rotatable bonds is 5. The summed E-state index contributed by atoms with van der Waals surface area (Å²) in [6.07, 6.45) is 7.79. The second-order valence-corrected chi connectivity index (χ2v) is 9.26. The number of hydrogen-bond acceptors (Lipinski definition) is 5. The summed E-state index contributed by atoms with van der Waals surface area (Å²) in [6, 6.07) is 18.3. The zero-order chi connectivity index (χ0) is 21.9. The summed E-state index contributed by atoms with van der Waals surface area (Å²) in [6.45, 7) is 6.42. The van der Waals surface area contributed by atoms with Crippen LogP contribution in [0.2, 0.25) is 0 Å². The van der Waals surface area contributed by atoms with Crippen LogP contribution in [0.3, 0.4) is 0 Å². The molecule has 0 unspecified atom stereocenters. The maximum Gasteiger partial charge on any atom is 0.115 e. The van der Waals surface area contributed by atoms with E-state index in [0.29, 0.717) is 12.0 Å². The Bertz CT molecular complexity index is 1020. The number of fused-ring (bicyclic) bond motifs is 1. The predicted octanol–water partition coefficient (Wildman–Crippen LogP) is 3.88. The van der Waals surface area contributed by atoms with E-state index < -0.39 is 0 Å². The first-order chi connectivity index (χ1) is 15.7. The van der Waals surface area contributed by atoms with Gasteiger partial charge in [0.1, 0.15) is 6.33 Å². The molecule has 166 valence electrons. The highest BCUT2D eigenvalue weighted by Gasteiger charge is 2.49. The van der Waals surface area contributed by atoms with Crippen LogP contribution in [-0.4, -0.2) is 63.2 Å². The van der Waals surface area contributed by atoms with Gasteiger partial charge in [-0.2, -0.15) is 0 Å². The van der Waals surface area contributed by atoms with Gasteiger partial charge in [0.25, 0.3) is 0 Å². The van der Waals surface area contributed by atoms with Crippen molar-refractivity contribution in [2.45, 2.75) is 44.3 Å². The Labute approximate surface area is 190 Å². The van der Waals surface area contributed by atoms with E-state index in [1.807, 2.05) is 12.4 Å². The molecule has 5 rings (SSSR count). The molecule has 5 nitrogen and oxygen atoms in total. The van der Waals surface area contributed by atoms with Crippen molar-refractivity contribution in [2.75, 3.05) is 26.2 Å². The van der Waals surface area contributed by atoms with Gasteiger partial charge in [-0.1, -0.05) is 54.1 Å². The maximum atomic E-state index is 10.2. The summed E-state index contributed by atoms with van der Waals surface area (Å²) >= 11 is 0. The molecule has 3 heterocycles. The first kappa shape index (κ1) is 21.3. The smallest absolute Gasteiger partial charge is 0.115 e. The van der Waals surface area contributed by atoms with Gasteiger partial charge in [-0.3, -0.25) is 9.80 Å². The van der Waals surface area contributed by atoms with Crippen LogP contribution in [0, 0.1) is 6.92 Å². The molecule has 2 aliphatic heterocycles. The highest BCUT2D eigenvalue weighted by atomic mass is 16.3. The van der Waals surface area contributed by atoms with Gasteiger partial charge in [0.05, 0.1) is 6.61 Å². The van der Waals surface area contributed by atoms with Gasteiger partial charge in [-0.25, -0.2) is 9.97 Å². The lowest BCUT2D eigenvalue weighted by atomic mass is 9.74. The lowest BCUT2D eigenvalue weighted by Crippen LogP contribution is -2.67. The van der Waals surface area contributed by atoms with Crippen molar-refractivity contribution in [3.63, 3.8) is 0 Å². The standard InChI is InChI=1S/C27H32N4O/c1-20-5-4-6-24(13-20)22-7-9-23(10-8-22)27-25-17-30(16-21-14-28-19-29-15-21)11-2-3-12-31(25)26(27)18-32/h4-10,13-15,19,25-27,32H,2-3,11-12,16-18H2,1H3/t25-,26-,27+/m1/s1. The fourth-order valence-corrected chi connectivity index (χ4v) is 5.55. The third-order valence-corrected chi connectivity index (χ3v) is 7.12. The molecule has 1 N–H and O–H groups in total. The van der Waals surface area contributed by atoms with Crippen molar-refractivity contribution in [2.24, 2.45) is 0 Å². The number of aliphatic hydroxyl groups is 1. The first-order valence-electron chi connectivity index (χ1n) is 11.7. The van der Waals surface area contributed by atoms with E-state index in [1.54, 1.807) is 6.33 Å². The molecule has 0 aliphatic carbocycles. The maximum absolute atomic E-state index is 10.2. The Kier molecular flexibility index (Phi) is 6.30. The number of nitrogens with zero attached hydrogens (tertiary/aromatic N) is 4. The van der Waals surface area contributed by atoms with Crippen molar-refractivity contribution >= 4 is 0 Å². The van der Waals surface area contributed by atoms with Crippen LogP contribution < -0.4 is 0 Å². The summed E-state index contributed by atoms with van der Waals surface area (Å²) < 4.78 is 0. The van der Waals surface area contributed by atoms with Crippen LogP contribution in [0.5, 0.6) is 0 Å². The topological polar surface area (TPSA) is 52.5 Å². The minimum Gasteiger partial charge on any atom is -0.395 e. The Hall–Kier alpha value is -2.60. The van der Waals surface area contributed by atoms with E-state index in [-0.39, 0.29) is 12.6 Å². The molecule has 3 atom stereocenters. The molecule has 0 spiro atoms. The molecule has 0 bridgehead atoms. The molecular weight excluding hydrogens is 396 g/mol. The van der Waals surface area contributed by atoms with Gasteiger partial charge in [0, 0.05) is 49.0 Å². The quantitative estimate of drug-likeness (QED) is 0.668. The largest absolute Gasteiger partial charge is 0.395 e. The molecular formula is C27H32N4O. The van der Waals surface area contributed by atoms with E-state index >= 15 is 0 Å². The average molecular weight is 429 g/mol. The summed E-state index contributed by atoms with van der Waals surface area (Å²) in [7, 11) is 0. The van der Waals surface area contributed by atoms with E-state index in [2.05, 4.69) is 75.2 Å². The Morgan fingerprint density at radius 1 is 0.969 bits per heavy atom. The normalized spacial score (nSPS) is 24.2. The summed E-state index contributed by atoms with van der Waals surface area (Å²) in [4.78, 5) is 13.4. The molecule has 1 aromatic heterocycles. The summed E-state index contributed by atoms with van der Waals surface area (Å²) in [5, 5.41) is 10.2. The Balaban J connectivity index is 1.36. The molecule has 5 heteroatoms. The van der Waals surface area contributed by atoms with Crippen LogP contribution in [0.4, 0.5) is 0 Å². The molecule has 0 saturated carbocycles. The highest BCUT2D eigenvalue weighted by Crippen LogP contribution is 2.42. The van der Waals surface area contributed by atoms with Crippen molar-refractivity contribution < 1.29 is 5.11 Å². The number of aryl methyl sites for hydroxylation is 1. The molecule has 2 fully saturated rings. The SMILES string of the molecule is Cc1cccc(-c2ccc([C@@H]3[C@@H](CO)N4CCCCN(Cc5cncnc5)C[C@H]34)cc2)c1. The van der Waals surface area contributed by atoms with Gasteiger partial charge < -0.3 is 5.11 Å². The third kappa shape index (κ3) is 4.33. The molecule has 2 saturated heterocycles. The van der Waals surface area contributed by atoms with Gasteiger partial charge >= 0.3 is 0 Å². The minimum absolute atomic E-state index is 0.213. The Morgan fingerprint density at radius 3 is 2.50 bits per heavy atom. The first-order valence-corrected chi connectivity index (χ1v) is 11.7. The number of aliphatic hydroxyl groups excluding tert-OH is 1.